The molecule has 0 amide bonds. The van der Waals surface area contributed by atoms with Gasteiger partial charge in [0.25, 0.3) is 5.56 Å². The third-order valence-electron chi connectivity index (χ3n) is 5.33. The van der Waals surface area contributed by atoms with Gasteiger partial charge in [0.15, 0.2) is 17.5 Å². The Kier molecular flexibility index (Phi) is 5.75. The lowest BCUT2D eigenvalue weighted by atomic mass is 10.0. The van der Waals surface area contributed by atoms with Gasteiger partial charge in [-0.15, -0.1) is 11.5 Å². The summed E-state index contributed by atoms with van der Waals surface area (Å²) in [6.45, 7) is 5.88. The van der Waals surface area contributed by atoms with Gasteiger partial charge >= 0.3 is 0 Å². The molecule has 3 heterocycles. The van der Waals surface area contributed by atoms with Gasteiger partial charge in [-0.3, -0.25) is 4.79 Å². The van der Waals surface area contributed by atoms with Crippen LogP contribution in [0.2, 0.25) is 0 Å². The van der Waals surface area contributed by atoms with Gasteiger partial charge in [-0.1, -0.05) is 29.3 Å². The molecular weight excluding hydrogens is 421 g/mol. The molecule has 3 aromatic heterocycles. The van der Waals surface area contributed by atoms with E-state index >= 15 is 0 Å². The minimum absolute atomic E-state index is 0.0247. The van der Waals surface area contributed by atoms with Crippen LogP contribution in [-0.4, -0.2) is 29.5 Å². The van der Waals surface area contributed by atoms with Gasteiger partial charge in [-0.05, 0) is 38.5 Å². The maximum atomic E-state index is 14.9. The minimum Gasteiger partial charge on any atom is -0.381 e. The highest BCUT2D eigenvalue weighted by atomic mass is 19.1. The number of terminal acetylenes is 1. The van der Waals surface area contributed by atoms with Crippen molar-refractivity contribution in [3.05, 3.63) is 75.6 Å². The second kappa shape index (κ2) is 8.67. The normalized spacial score (nSPS) is 11.0. The number of benzene rings is 1. The Balaban J connectivity index is 1.73. The molecule has 0 aliphatic rings. The molecule has 0 spiro atoms. The predicted octanol–water partition coefficient (Wildman–Crippen LogP) is 3.20. The monoisotopic (exact) mass is 443 g/mol. The van der Waals surface area contributed by atoms with Crippen LogP contribution in [0.15, 0.2) is 47.5 Å². The molecule has 2 N–H and O–H groups in total. The first kappa shape index (κ1) is 21.9. The molecule has 0 saturated heterocycles. The zero-order chi connectivity index (χ0) is 23.7. The number of nitrogens with two attached hydrogens (primary N) is 1. The molecule has 0 atom stereocenters. The number of pyridine rings is 1. The average Bonchev–Trinajstić information content (AvgIpc) is 3.25. The summed E-state index contributed by atoms with van der Waals surface area (Å²) in [5.74, 6) is 1.74. The quantitative estimate of drug-likeness (QED) is 0.475. The molecule has 0 bridgehead atoms. The smallest absolute Gasteiger partial charge is 0.255 e. The first-order valence-electron chi connectivity index (χ1n) is 10.3. The summed E-state index contributed by atoms with van der Waals surface area (Å²) in [5, 5.41) is 8.09. The summed E-state index contributed by atoms with van der Waals surface area (Å²) in [7, 11) is 0. The molecule has 4 rings (SSSR count). The zero-order valence-electron chi connectivity index (χ0n) is 18.5. The van der Waals surface area contributed by atoms with E-state index in [9.17, 15) is 9.18 Å². The number of anilines is 1. The molecule has 0 aliphatic carbocycles. The van der Waals surface area contributed by atoms with Crippen molar-refractivity contribution in [2.75, 3.05) is 5.73 Å². The standard InChI is InChI=1S/C24H22FN7O/c1-5-16-8-6-10-18(15(16)4)23-27-21(20(25)22(26)28-23)19-13-31(30-29-19)12-17-9-7-11-32(14(2)3)24(17)33/h1,6-11,13-14H,12H2,2-4H3,(H2,26,27,28). The summed E-state index contributed by atoms with van der Waals surface area (Å²) in [5.41, 5.74) is 8.47. The van der Waals surface area contributed by atoms with Crippen molar-refractivity contribution in [3.8, 4) is 35.1 Å². The van der Waals surface area contributed by atoms with Crippen LogP contribution in [-0.2, 0) is 6.54 Å². The topological polar surface area (TPSA) is 105 Å². The number of nitrogens with zero attached hydrogens (tertiary/aromatic N) is 6. The number of hydrogen-bond acceptors (Lipinski definition) is 6. The molecule has 8 nitrogen and oxygen atoms in total. The Morgan fingerprint density at radius 1 is 1.21 bits per heavy atom. The van der Waals surface area contributed by atoms with Gasteiger partial charge < -0.3 is 10.3 Å². The van der Waals surface area contributed by atoms with Gasteiger partial charge in [0.05, 0.1) is 12.7 Å². The van der Waals surface area contributed by atoms with Crippen molar-refractivity contribution in [2.24, 2.45) is 0 Å². The Morgan fingerprint density at radius 3 is 2.73 bits per heavy atom. The van der Waals surface area contributed by atoms with E-state index in [0.29, 0.717) is 16.7 Å². The Labute approximate surface area is 189 Å². The largest absolute Gasteiger partial charge is 0.381 e. The Bertz CT molecular complexity index is 1450. The first-order valence-corrected chi connectivity index (χ1v) is 10.3. The van der Waals surface area contributed by atoms with E-state index in [0.717, 1.165) is 5.56 Å². The zero-order valence-corrected chi connectivity index (χ0v) is 18.5. The fraction of sp³-hybridized carbons (Fsp3) is 0.208. The van der Waals surface area contributed by atoms with E-state index < -0.39 is 5.82 Å². The van der Waals surface area contributed by atoms with E-state index in [2.05, 4.69) is 26.2 Å². The molecular formula is C24H22FN7O. The highest BCUT2D eigenvalue weighted by Crippen LogP contribution is 2.28. The second-order valence-electron chi connectivity index (χ2n) is 7.86. The van der Waals surface area contributed by atoms with Crippen molar-refractivity contribution in [2.45, 2.75) is 33.4 Å². The molecule has 4 aromatic rings. The molecule has 0 unspecified atom stereocenters. The number of aromatic nitrogens is 6. The SMILES string of the molecule is C#Cc1cccc(-c2nc(N)c(F)c(-c3cn(Cc4cccn(C(C)C)c4=O)nn3)n2)c1C. The number of nitrogen functional groups attached to an aromatic ring is 1. The van der Waals surface area contributed by atoms with Crippen molar-refractivity contribution in [3.63, 3.8) is 0 Å². The average molecular weight is 443 g/mol. The van der Waals surface area contributed by atoms with Gasteiger partial charge in [-0.2, -0.15) is 0 Å². The van der Waals surface area contributed by atoms with Crippen LogP contribution in [0.25, 0.3) is 22.8 Å². The van der Waals surface area contributed by atoms with E-state index in [1.807, 2.05) is 20.8 Å². The van der Waals surface area contributed by atoms with Gasteiger partial charge in [0, 0.05) is 28.9 Å². The van der Waals surface area contributed by atoms with Gasteiger partial charge in [0.1, 0.15) is 11.4 Å². The fourth-order valence-electron chi connectivity index (χ4n) is 3.53. The van der Waals surface area contributed by atoms with Crippen LogP contribution < -0.4 is 11.3 Å². The minimum atomic E-state index is -0.793. The van der Waals surface area contributed by atoms with Crippen LogP contribution in [0, 0.1) is 25.1 Å². The summed E-state index contributed by atoms with van der Waals surface area (Å²) >= 11 is 0. The molecule has 0 fully saturated rings. The third kappa shape index (κ3) is 4.11. The molecule has 1 aromatic carbocycles. The van der Waals surface area contributed by atoms with Crippen molar-refractivity contribution < 1.29 is 4.39 Å². The maximum absolute atomic E-state index is 14.9. The fourth-order valence-corrected chi connectivity index (χ4v) is 3.53. The third-order valence-corrected chi connectivity index (χ3v) is 5.33. The Morgan fingerprint density at radius 2 is 2.00 bits per heavy atom. The summed E-state index contributed by atoms with van der Waals surface area (Å²) in [6, 6.07) is 8.92. The van der Waals surface area contributed by atoms with Crippen molar-refractivity contribution in [1.29, 1.82) is 0 Å². The van der Waals surface area contributed by atoms with Crippen LogP contribution in [0.5, 0.6) is 0 Å². The van der Waals surface area contributed by atoms with E-state index in [1.165, 1.54) is 10.9 Å². The Hall–Kier alpha value is -4.32. The van der Waals surface area contributed by atoms with E-state index in [4.69, 9.17) is 12.2 Å². The molecule has 166 valence electrons. The molecule has 0 aliphatic heterocycles. The molecule has 0 radical (unpaired) electrons. The number of rotatable bonds is 5. The highest BCUT2D eigenvalue weighted by molar-refractivity contribution is 5.69. The van der Waals surface area contributed by atoms with Crippen LogP contribution in [0.4, 0.5) is 10.2 Å². The van der Waals surface area contributed by atoms with Crippen molar-refractivity contribution >= 4 is 5.82 Å². The van der Waals surface area contributed by atoms with Gasteiger partial charge in [0.2, 0.25) is 0 Å². The van der Waals surface area contributed by atoms with Crippen LogP contribution >= 0.6 is 0 Å². The van der Waals surface area contributed by atoms with Crippen LogP contribution in [0.3, 0.4) is 0 Å². The molecule has 0 saturated carbocycles. The first-order chi connectivity index (χ1) is 15.8. The second-order valence-corrected chi connectivity index (χ2v) is 7.86. The number of hydrogen-bond donors (Lipinski definition) is 1. The predicted molar refractivity (Wildman–Crippen MR) is 124 cm³/mol. The lowest BCUT2D eigenvalue weighted by molar-refractivity contribution is 0.563. The van der Waals surface area contributed by atoms with Crippen LogP contribution in [0.1, 0.15) is 36.6 Å². The van der Waals surface area contributed by atoms with Gasteiger partial charge in [-0.25, -0.2) is 19.0 Å². The molecule has 9 heteroatoms. The summed E-state index contributed by atoms with van der Waals surface area (Å²) in [4.78, 5) is 21.1. The highest BCUT2D eigenvalue weighted by Gasteiger charge is 2.19. The van der Waals surface area contributed by atoms with E-state index in [1.54, 1.807) is 41.1 Å². The molecule has 33 heavy (non-hydrogen) atoms. The van der Waals surface area contributed by atoms with E-state index in [-0.39, 0.29) is 41.2 Å². The van der Waals surface area contributed by atoms with Crippen molar-refractivity contribution in [1.82, 2.24) is 29.5 Å². The summed E-state index contributed by atoms with van der Waals surface area (Å²) < 4.78 is 18.0. The lowest BCUT2D eigenvalue weighted by Gasteiger charge is -2.11. The number of halogens is 1. The maximum Gasteiger partial charge on any atom is 0.255 e. The lowest BCUT2D eigenvalue weighted by Crippen LogP contribution is -2.25. The summed E-state index contributed by atoms with van der Waals surface area (Å²) in [6.07, 6.45) is 8.81.